The maximum Gasteiger partial charge on any atom is 0.119 e. The highest BCUT2D eigenvalue weighted by Crippen LogP contribution is 2.40. The van der Waals surface area contributed by atoms with Gasteiger partial charge in [-0.05, 0) is 54.7 Å². The molecule has 1 aliphatic carbocycles. The lowest BCUT2D eigenvalue weighted by Gasteiger charge is -2.08. The van der Waals surface area contributed by atoms with Gasteiger partial charge in [-0.2, -0.15) is 0 Å². The van der Waals surface area contributed by atoms with E-state index in [1.807, 2.05) is 42.7 Å². The molecule has 1 heterocycles. The molecule has 0 amide bonds. The Bertz CT molecular complexity index is 572. The third-order valence-electron chi connectivity index (χ3n) is 3.86. The zero-order chi connectivity index (χ0) is 14.7. The fourth-order valence-electron chi connectivity index (χ4n) is 2.40. The molecule has 1 aromatic heterocycles. The van der Waals surface area contributed by atoms with Crippen LogP contribution in [-0.2, 0) is 6.54 Å². The lowest BCUT2D eigenvalue weighted by molar-refractivity contribution is 0.153. The van der Waals surface area contributed by atoms with Crippen molar-refractivity contribution in [3.8, 4) is 11.5 Å². The van der Waals surface area contributed by atoms with Crippen LogP contribution in [-0.4, -0.2) is 23.4 Å². The summed E-state index contributed by atoms with van der Waals surface area (Å²) in [7, 11) is 1.65. The van der Waals surface area contributed by atoms with Gasteiger partial charge >= 0.3 is 0 Å². The van der Waals surface area contributed by atoms with E-state index < -0.39 is 0 Å². The summed E-state index contributed by atoms with van der Waals surface area (Å²) in [5.74, 6) is 2.13. The van der Waals surface area contributed by atoms with Gasteiger partial charge in [-0.25, -0.2) is 0 Å². The van der Waals surface area contributed by atoms with Gasteiger partial charge in [0.15, 0.2) is 0 Å². The van der Waals surface area contributed by atoms with Crippen molar-refractivity contribution in [2.24, 2.45) is 5.92 Å². The highest BCUT2D eigenvalue weighted by molar-refractivity contribution is 5.31. The Morgan fingerprint density at radius 2 is 1.90 bits per heavy atom. The summed E-state index contributed by atoms with van der Waals surface area (Å²) in [4.78, 5) is 0. The molecule has 0 bridgehead atoms. The minimum atomic E-state index is -0.297. The van der Waals surface area contributed by atoms with Crippen molar-refractivity contribution in [2.45, 2.75) is 25.5 Å². The number of benzene rings is 1. The highest BCUT2D eigenvalue weighted by Gasteiger charge is 2.31. The Kier molecular flexibility index (Phi) is 4.15. The molecule has 112 valence electrons. The Morgan fingerprint density at radius 1 is 1.19 bits per heavy atom. The van der Waals surface area contributed by atoms with Crippen molar-refractivity contribution in [3.63, 3.8) is 0 Å². The smallest absolute Gasteiger partial charge is 0.119 e. The summed E-state index contributed by atoms with van der Waals surface area (Å²) in [5.41, 5.74) is 1.02. The van der Waals surface area contributed by atoms with Gasteiger partial charge in [0.25, 0.3) is 0 Å². The van der Waals surface area contributed by atoms with E-state index in [0.29, 0.717) is 12.5 Å². The quantitative estimate of drug-likeness (QED) is 0.851. The molecular weight excluding hydrogens is 266 g/mol. The van der Waals surface area contributed by atoms with Crippen LogP contribution in [0.2, 0.25) is 0 Å². The number of hydrogen-bond acceptors (Lipinski definition) is 3. The molecule has 1 aliphatic rings. The molecule has 1 atom stereocenters. The second-order valence-corrected chi connectivity index (χ2v) is 5.49. The second kappa shape index (κ2) is 6.22. The van der Waals surface area contributed by atoms with Gasteiger partial charge in [-0.15, -0.1) is 0 Å². The molecule has 0 aliphatic heterocycles. The molecule has 0 saturated heterocycles. The van der Waals surface area contributed by atoms with Gasteiger partial charge < -0.3 is 19.1 Å². The first kappa shape index (κ1) is 14.0. The van der Waals surface area contributed by atoms with Crippen LogP contribution in [0.25, 0.3) is 0 Å². The Balaban J connectivity index is 1.48. The van der Waals surface area contributed by atoms with E-state index in [1.165, 1.54) is 0 Å². The third-order valence-corrected chi connectivity index (χ3v) is 3.86. The van der Waals surface area contributed by atoms with Gasteiger partial charge in [0, 0.05) is 12.4 Å². The lowest BCUT2D eigenvalue weighted by atomic mass is 10.1. The Labute approximate surface area is 124 Å². The van der Waals surface area contributed by atoms with Crippen molar-refractivity contribution >= 4 is 0 Å². The van der Waals surface area contributed by atoms with E-state index in [0.717, 1.165) is 36.4 Å². The average molecular weight is 287 g/mol. The van der Waals surface area contributed by atoms with Gasteiger partial charge in [-0.3, -0.25) is 0 Å². The molecule has 1 saturated carbocycles. The van der Waals surface area contributed by atoms with Crippen LogP contribution in [0, 0.1) is 5.92 Å². The fourth-order valence-corrected chi connectivity index (χ4v) is 2.40. The number of nitrogens with zero attached hydrogens (tertiary/aromatic N) is 1. The average Bonchev–Trinajstić information content (AvgIpc) is 3.26. The first-order chi connectivity index (χ1) is 10.3. The largest absolute Gasteiger partial charge is 0.497 e. The van der Waals surface area contributed by atoms with Gasteiger partial charge in [0.2, 0.25) is 0 Å². The minimum Gasteiger partial charge on any atom is -0.497 e. The lowest BCUT2D eigenvalue weighted by Crippen LogP contribution is -2.06. The van der Waals surface area contributed by atoms with Crippen molar-refractivity contribution < 1.29 is 14.6 Å². The second-order valence-electron chi connectivity index (χ2n) is 5.49. The molecule has 4 heteroatoms. The molecule has 0 spiro atoms. The third kappa shape index (κ3) is 3.58. The number of methoxy groups -OCH3 is 1. The van der Waals surface area contributed by atoms with Crippen LogP contribution in [0.15, 0.2) is 42.7 Å². The number of rotatable bonds is 7. The van der Waals surface area contributed by atoms with Gasteiger partial charge in [0.1, 0.15) is 18.1 Å². The first-order valence-corrected chi connectivity index (χ1v) is 7.37. The molecule has 0 radical (unpaired) electrons. The van der Waals surface area contributed by atoms with E-state index >= 15 is 0 Å². The predicted octanol–water partition coefficient (Wildman–Crippen LogP) is 3.02. The number of aliphatic hydroxyl groups is 1. The summed E-state index contributed by atoms with van der Waals surface area (Å²) >= 11 is 0. The molecule has 1 N–H and O–H groups in total. The van der Waals surface area contributed by atoms with Crippen LogP contribution in [0.4, 0.5) is 0 Å². The summed E-state index contributed by atoms with van der Waals surface area (Å²) in [6.07, 6.45) is 6.01. The molecule has 21 heavy (non-hydrogen) atoms. The molecule has 2 aromatic rings. The number of aliphatic hydroxyl groups excluding tert-OH is 1. The fraction of sp³-hybridized carbons (Fsp3) is 0.412. The van der Waals surface area contributed by atoms with Crippen molar-refractivity contribution in [3.05, 3.63) is 48.3 Å². The van der Waals surface area contributed by atoms with Crippen LogP contribution < -0.4 is 9.47 Å². The predicted molar refractivity (Wildman–Crippen MR) is 80.6 cm³/mol. The van der Waals surface area contributed by atoms with Crippen LogP contribution in [0.3, 0.4) is 0 Å². The topological polar surface area (TPSA) is 43.6 Å². The molecular formula is C17H21NO3. The van der Waals surface area contributed by atoms with Crippen molar-refractivity contribution in [1.82, 2.24) is 4.57 Å². The summed E-state index contributed by atoms with van der Waals surface area (Å²) < 4.78 is 12.9. The van der Waals surface area contributed by atoms with Crippen LogP contribution in [0.1, 0.15) is 24.5 Å². The molecule has 4 nitrogen and oxygen atoms in total. The van der Waals surface area contributed by atoms with Gasteiger partial charge in [-0.1, -0.05) is 0 Å². The molecule has 1 unspecified atom stereocenters. The van der Waals surface area contributed by atoms with Crippen molar-refractivity contribution in [1.29, 1.82) is 0 Å². The van der Waals surface area contributed by atoms with E-state index in [1.54, 1.807) is 7.11 Å². The zero-order valence-corrected chi connectivity index (χ0v) is 12.2. The van der Waals surface area contributed by atoms with Crippen molar-refractivity contribution in [2.75, 3.05) is 13.7 Å². The molecule has 1 aromatic carbocycles. The number of aromatic nitrogens is 1. The minimum absolute atomic E-state index is 0.297. The SMILES string of the molecule is COc1ccc(OCCn2ccc(C(O)C3CC3)c2)cc1. The maximum absolute atomic E-state index is 10.1. The molecule has 1 fully saturated rings. The standard InChI is InChI=1S/C17H21NO3/c1-20-15-4-6-16(7-5-15)21-11-10-18-9-8-14(12-18)17(19)13-2-3-13/h4-9,12-13,17,19H,2-3,10-11H2,1H3. The number of hydrogen-bond donors (Lipinski definition) is 1. The van der Waals surface area contributed by atoms with E-state index in [2.05, 4.69) is 4.57 Å². The summed E-state index contributed by atoms with van der Waals surface area (Å²) in [5, 5.41) is 10.1. The number of ether oxygens (including phenoxy) is 2. The van der Waals surface area contributed by atoms with Crippen LogP contribution in [0.5, 0.6) is 11.5 Å². The van der Waals surface area contributed by atoms with Gasteiger partial charge in [0.05, 0.1) is 19.8 Å². The first-order valence-electron chi connectivity index (χ1n) is 7.37. The Morgan fingerprint density at radius 3 is 2.57 bits per heavy atom. The zero-order valence-electron chi connectivity index (χ0n) is 12.2. The van der Waals surface area contributed by atoms with E-state index in [4.69, 9.17) is 9.47 Å². The maximum atomic E-state index is 10.1. The Hall–Kier alpha value is -1.94. The van der Waals surface area contributed by atoms with Crippen LogP contribution >= 0.6 is 0 Å². The van der Waals surface area contributed by atoms with E-state index in [9.17, 15) is 5.11 Å². The van der Waals surface area contributed by atoms with E-state index in [-0.39, 0.29) is 6.10 Å². The monoisotopic (exact) mass is 287 g/mol. The normalized spacial score (nSPS) is 15.7. The summed E-state index contributed by atoms with van der Waals surface area (Å²) in [6.45, 7) is 1.36. The molecule has 3 rings (SSSR count). The highest BCUT2D eigenvalue weighted by atomic mass is 16.5. The summed E-state index contributed by atoms with van der Waals surface area (Å²) in [6, 6.07) is 9.56.